The van der Waals surface area contributed by atoms with Crippen molar-refractivity contribution in [1.82, 2.24) is 0 Å². The predicted molar refractivity (Wildman–Crippen MR) is 69.1 cm³/mol. The summed E-state index contributed by atoms with van der Waals surface area (Å²) < 4.78 is 27.7. The van der Waals surface area contributed by atoms with E-state index in [1.165, 1.54) is 17.4 Å². The summed E-state index contributed by atoms with van der Waals surface area (Å²) in [5.41, 5.74) is 7.50. The summed E-state index contributed by atoms with van der Waals surface area (Å²) in [5, 5.41) is 3.73. The van der Waals surface area contributed by atoms with Crippen LogP contribution in [0.25, 0.3) is 0 Å². The molecule has 0 aliphatic carbocycles. The Morgan fingerprint density at radius 1 is 1.18 bits per heavy atom. The summed E-state index contributed by atoms with van der Waals surface area (Å²) in [6.45, 7) is 1.59. The first-order chi connectivity index (χ1) is 8.00. The van der Waals surface area contributed by atoms with Crippen LogP contribution in [0.5, 0.6) is 0 Å². The van der Waals surface area contributed by atoms with Crippen molar-refractivity contribution in [3.05, 3.63) is 55.7 Å². The molecule has 1 atom stereocenters. The minimum absolute atomic E-state index is 0.308. The fourth-order valence-corrected chi connectivity index (χ4v) is 3.18. The van der Waals surface area contributed by atoms with Gasteiger partial charge in [0, 0.05) is 21.5 Å². The Bertz CT molecular complexity index is 553. The first kappa shape index (κ1) is 12.7. The lowest BCUT2D eigenvalue weighted by Crippen LogP contribution is -2.14. The monoisotopic (exact) mass is 317 g/mol. The number of aryl methyl sites for hydroxylation is 1. The molecular weight excluding hydrogens is 308 g/mol. The van der Waals surface area contributed by atoms with Gasteiger partial charge in [0.1, 0.15) is 11.6 Å². The molecule has 1 nitrogen and oxygen atoms in total. The third kappa shape index (κ3) is 2.41. The Morgan fingerprint density at radius 3 is 2.47 bits per heavy atom. The van der Waals surface area contributed by atoms with Gasteiger partial charge < -0.3 is 5.73 Å². The normalized spacial score (nSPS) is 12.8. The molecule has 2 aromatic rings. The molecule has 2 rings (SSSR count). The van der Waals surface area contributed by atoms with Crippen molar-refractivity contribution in [2.45, 2.75) is 13.0 Å². The van der Waals surface area contributed by atoms with Gasteiger partial charge >= 0.3 is 0 Å². The molecule has 0 bridgehead atoms. The molecule has 1 aromatic carbocycles. The molecule has 0 saturated carbocycles. The highest BCUT2D eigenvalue weighted by Gasteiger charge is 2.18. The van der Waals surface area contributed by atoms with E-state index in [0.29, 0.717) is 11.1 Å². The Kier molecular flexibility index (Phi) is 3.61. The SMILES string of the molecule is Cc1cc(C(N)c2cscc2Br)c(F)cc1F. The van der Waals surface area contributed by atoms with Gasteiger partial charge in [0.15, 0.2) is 0 Å². The summed E-state index contributed by atoms with van der Waals surface area (Å²) in [4.78, 5) is 0. The van der Waals surface area contributed by atoms with E-state index >= 15 is 0 Å². The van der Waals surface area contributed by atoms with E-state index in [1.807, 2.05) is 10.8 Å². The number of benzene rings is 1. The van der Waals surface area contributed by atoms with Gasteiger partial charge in [-0.1, -0.05) is 0 Å². The Hall–Kier alpha value is -0.780. The number of rotatable bonds is 2. The fraction of sp³-hybridized carbons (Fsp3) is 0.167. The van der Waals surface area contributed by atoms with Crippen LogP contribution in [0.3, 0.4) is 0 Å². The lowest BCUT2D eigenvalue weighted by molar-refractivity contribution is 0.561. The van der Waals surface area contributed by atoms with Crippen LogP contribution in [0.15, 0.2) is 27.4 Å². The minimum Gasteiger partial charge on any atom is -0.320 e. The lowest BCUT2D eigenvalue weighted by atomic mass is 9.99. The Labute approximate surface area is 110 Å². The van der Waals surface area contributed by atoms with Gasteiger partial charge in [-0.2, -0.15) is 11.3 Å². The topological polar surface area (TPSA) is 26.0 Å². The van der Waals surface area contributed by atoms with Gasteiger partial charge in [-0.25, -0.2) is 8.78 Å². The van der Waals surface area contributed by atoms with Crippen molar-refractivity contribution >= 4 is 27.3 Å². The summed E-state index contributed by atoms with van der Waals surface area (Å²) >= 11 is 4.83. The van der Waals surface area contributed by atoms with Crippen LogP contribution in [0, 0.1) is 18.6 Å². The molecule has 1 aromatic heterocycles. The summed E-state index contributed by atoms with van der Waals surface area (Å²) in [7, 11) is 0. The van der Waals surface area contributed by atoms with E-state index in [-0.39, 0.29) is 0 Å². The van der Waals surface area contributed by atoms with E-state index in [4.69, 9.17) is 5.73 Å². The molecule has 2 N–H and O–H groups in total. The Balaban J connectivity index is 2.48. The predicted octanol–water partition coefficient (Wildman–Crippen LogP) is 4.15. The average Bonchev–Trinajstić information content (AvgIpc) is 2.69. The zero-order valence-corrected chi connectivity index (χ0v) is 11.4. The molecule has 0 spiro atoms. The Morgan fingerprint density at radius 2 is 1.88 bits per heavy atom. The maximum absolute atomic E-state index is 13.7. The molecular formula is C12H10BrF2NS. The summed E-state index contributed by atoms with van der Waals surface area (Å²) in [6.07, 6.45) is 0. The fourth-order valence-electron chi connectivity index (χ4n) is 1.60. The van der Waals surface area contributed by atoms with Crippen LogP contribution in [-0.4, -0.2) is 0 Å². The van der Waals surface area contributed by atoms with E-state index in [0.717, 1.165) is 16.1 Å². The van der Waals surface area contributed by atoms with E-state index in [1.54, 1.807) is 6.92 Å². The molecule has 0 aliphatic heterocycles. The highest BCUT2D eigenvalue weighted by atomic mass is 79.9. The van der Waals surface area contributed by atoms with Crippen molar-refractivity contribution in [2.24, 2.45) is 5.73 Å². The zero-order valence-electron chi connectivity index (χ0n) is 9.01. The first-order valence-corrected chi connectivity index (χ1v) is 6.67. The second-order valence-electron chi connectivity index (χ2n) is 3.78. The molecule has 0 radical (unpaired) electrons. The van der Waals surface area contributed by atoms with Gasteiger partial charge in [0.05, 0.1) is 6.04 Å². The quantitative estimate of drug-likeness (QED) is 0.884. The van der Waals surface area contributed by atoms with E-state index in [9.17, 15) is 8.78 Å². The number of hydrogen-bond donors (Lipinski definition) is 1. The minimum atomic E-state index is -0.612. The van der Waals surface area contributed by atoms with Crippen LogP contribution < -0.4 is 5.73 Å². The second-order valence-corrected chi connectivity index (χ2v) is 5.37. The molecule has 90 valence electrons. The third-order valence-electron chi connectivity index (χ3n) is 2.59. The number of halogens is 3. The van der Waals surface area contributed by atoms with Crippen molar-refractivity contribution in [3.8, 4) is 0 Å². The summed E-state index contributed by atoms with van der Waals surface area (Å²) in [6, 6.07) is 1.75. The third-order valence-corrected chi connectivity index (χ3v) is 4.34. The molecule has 0 fully saturated rings. The molecule has 1 unspecified atom stereocenters. The number of thiophene rings is 1. The molecule has 1 heterocycles. The first-order valence-electron chi connectivity index (χ1n) is 4.93. The van der Waals surface area contributed by atoms with Crippen molar-refractivity contribution in [2.75, 3.05) is 0 Å². The van der Waals surface area contributed by atoms with Gasteiger partial charge in [-0.15, -0.1) is 0 Å². The van der Waals surface area contributed by atoms with Crippen LogP contribution in [-0.2, 0) is 0 Å². The van der Waals surface area contributed by atoms with Crippen molar-refractivity contribution in [3.63, 3.8) is 0 Å². The average molecular weight is 318 g/mol. The number of nitrogens with two attached hydrogens (primary N) is 1. The van der Waals surface area contributed by atoms with Gasteiger partial charge in [0.2, 0.25) is 0 Å². The maximum Gasteiger partial charge on any atom is 0.131 e. The zero-order chi connectivity index (χ0) is 12.6. The van der Waals surface area contributed by atoms with Gasteiger partial charge in [0.25, 0.3) is 0 Å². The maximum atomic E-state index is 13.7. The van der Waals surface area contributed by atoms with Crippen molar-refractivity contribution in [1.29, 1.82) is 0 Å². The molecule has 17 heavy (non-hydrogen) atoms. The second kappa shape index (κ2) is 4.84. The largest absolute Gasteiger partial charge is 0.320 e. The van der Waals surface area contributed by atoms with E-state index < -0.39 is 17.7 Å². The standard InChI is InChI=1S/C12H10BrF2NS/c1-6-2-7(11(15)3-10(6)14)12(16)8-4-17-5-9(8)13/h2-5,12H,16H2,1H3. The van der Waals surface area contributed by atoms with Crippen molar-refractivity contribution < 1.29 is 8.78 Å². The van der Waals surface area contributed by atoms with Crippen LogP contribution in [0.2, 0.25) is 0 Å². The summed E-state index contributed by atoms with van der Waals surface area (Å²) in [5.74, 6) is -1.17. The number of hydrogen-bond acceptors (Lipinski definition) is 2. The van der Waals surface area contributed by atoms with E-state index in [2.05, 4.69) is 15.9 Å². The van der Waals surface area contributed by atoms with Gasteiger partial charge in [-0.05, 0) is 45.4 Å². The van der Waals surface area contributed by atoms with Gasteiger partial charge in [-0.3, -0.25) is 0 Å². The lowest BCUT2D eigenvalue weighted by Gasteiger charge is -2.13. The molecule has 0 amide bonds. The molecule has 5 heteroatoms. The molecule has 0 aliphatic rings. The highest BCUT2D eigenvalue weighted by Crippen LogP contribution is 2.31. The highest BCUT2D eigenvalue weighted by molar-refractivity contribution is 9.10. The van der Waals surface area contributed by atoms with Crippen LogP contribution in [0.1, 0.15) is 22.7 Å². The van der Waals surface area contributed by atoms with Crippen LogP contribution in [0.4, 0.5) is 8.78 Å². The molecule has 0 saturated heterocycles. The smallest absolute Gasteiger partial charge is 0.131 e. The van der Waals surface area contributed by atoms with Crippen LogP contribution >= 0.6 is 27.3 Å².